The van der Waals surface area contributed by atoms with Crippen LogP contribution in [-0.2, 0) is 13.9 Å². The smallest absolute Gasteiger partial charge is 0.330 e. The fraction of sp³-hybridized carbons (Fsp3) is 0.750. The summed E-state index contributed by atoms with van der Waals surface area (Å²) >= 11 is 2.86. The Morgan fingerprint density at radius 1 is 1.75 bits per heavy atom. The fourth-order valence-corrected chi connectivity index (χ4v) is 1.12. The first-order valence-corrected chi connectivity index (χ1v) is 5.59. The van der Waals surface area contributed by atoms with E-state index in [1.807, 2.05) is 0 Å². The van der Waals surface area contributed by atoms with Crippen molar-refractivity contribution >= 4 is 29.7 Å². The van der Waals surface area contributed by atoms with Gasteiger partial charge in [-0.2, -0.15) is 0 Å². The Morgan fingerprint density at radius 2 is 2.25 bits per heavy atom. The number of carbonyl (C=O) groups is 1. The number of halogens is 1. The summed E-state index contributed by atoms with van der Waals surface area (Å²) in [5, 5.41) is 2.24. The SMILES string of the molecule is CC(NC(=O)CBr)OP(=O)(O)O. The predicted molar refractivity (Wildman–Crippen MR) is 44.5 cm³/mol. The predicted octanol–water partition coefficient (Wildman–Crippen LogP) is -0.0472. The van der Waals surface area contributed by atoms with E-state index in [0.717, 1.165) is 0 Å². The van der Waals surface area contributed by atoms with Gasteiger partial charge in [0.15, 0.2) is 0 Å². The third-order valence-electron chi connectivity index (χ3n) is 0.781. The number of carbonyl (C=O) groups excluding carboxylic acids is 1. The van der Waals surface area contributed by atoms with E-state index in [-0.39, 0.29) is 5.33 Å². The van der Waals surface area contributed by atoms with Crippen LogP contribution in [0.25, 0.3) is 0 Å². The summed E-state index contributed by atoms with van der Waals surface area (Å²) in [5.41, 5.74) is 0. The third-order valence-corrected chi connectivity index (χ3v) is 1.88. The molecule has 6 nitrogen and oxygen atoms in total. The summed E-state index contributed by atoms with van der Waals surface area (Å²) in [6.45, 7) is 1.32. The van der Waals surface area contributed by atoms with Crippen molar-refractivity contribution in [1.29, 1.82) is 0 Å². The molecule has 1 unspecified atom stereocenters. The summed E-state index contributed by atoms with van der Waals surface area (Å²) in [6, 6.07) is 0. The molecule has 0 aliphatic rings. The Kier molecular flexibility index (Phi) is 4.96. The number of rotatable bonds is 4. The Hall–Kier alpha value is 0.0600. The van der Waals surface area contributed by atoms with E-state index < -0.39 is 20.0 Å². The third kappa shape index (κ3) is 6.75. The fourth-order valence-electron chi connectivity index (χ4n) is 0.498. The summed E-state index contributed by atoms with van der Waals surface area (Å²) in [5.74, 6) is -0.407. The molecule has 0 spiro atoms. The highest BCUT2D eigenvalue weighted by molar-refractivity contribution is 9.09. The molecule has 0 bridgehead atoms. The minimum absolute atomic E-state index is 0.0574. The van der Waals surface area contributed by atoms with Crippen LogP contribution in [-0.4, -0.2) is 27.3 Å². The molecule has 0 fully saturated rings. The Balaban J connectivity index is 3.82. The van der Waals surface area contributed by atoms with E-state index >= 15 is 0 Å². The van der Waals surface area contributed by atoms with Gasteiger partial charge in [0, 0.05) is 0 Å². The maximum Gasteiger partial charge on any atom is 0.471 e. The van der Waals surface area contributed by atoms with Crippen LogP contribution in [0, 0.1) is 0 Å². The molecule has 3 N–H and O–H groups in total. The van der Waals surface area contributed by atoms with Gasteiger partial charge in [-0.3, -0.25) is 9.32 Å². The molecular formula is C4H9BrNO5P. The highest BCUT2D eigenvalue weighted by Crippen LogP contribution is 2.36. The lowest BCUT2D eigenvalue weighted by Crippen LogP contribution is -2.34. The summed E-state index contributed by atoms with van der Waals surface area (Å²) < 4.78 is 14.3. The molecule has 1 atom stereocenters. The summed E-state index contributed by atoms with van der Waals surface area (Å²) in [4.78, 5) is 27.2. The monoisotopic (exact) mass is 261 g/mol. The summed E-state index contributed by atoms with van der Waals surface area (Å²) in [7, 11) is -4.52. The topological polar surface area (TPSA) is 95.9 Å². The Labute approximate surface area is 77.7 Å². The highest BCUT2D eigenvalue weighted by Gasteiger charge is 2.19. The molecule has 0 saturated heterocycles. The van der Waals surface area contributed by atoms with Gasteiger partial charge in [0.05, 0.1) is 5.33 Å². The van der Waals surface area contributed by atoms with Crippen molar-refractivity contribution in [2.45, 2.75) is 13.2 Å². The average molecular weight is 262 g/mol. The van der Waals surface area contributed by atoms with E-state index in [9.17, 15) is 9.36 Å². The number of phosphoric ester groups is 1. The molecule has 0 rings (SSSR count). The largest absolute Gasteiger partial charge is 0.471 e. The maximum absolute atomic E-state index is 10.6. The first-order valence-electron chi connectivity index (χ1n) is 2.94. The van der Waals surface area contributed by atoms with Gasteiger partial charge < -0.3 is 15.1 Å². The van der Waals surface area contributed by atoms with Gasteiger partial charge in [0.2, 0.25) is 5.91 Å². The van der Waals surface area contributed by atoms with E-state index in [4.69, 9.17) is 9.79 Å². The van der Waals surface area contributed by atoms with E-state index in [1.54, 1.807) is 0 Å². The van der Waals surface area contributed by atoms with Crippen LogP contribution < -0.4 is 5.32 Å². The quantitative estimate of drug-likeness (QED) is 0.375. The lowest BCUT2D eigenvalue weighted by Gasteiger charge is -2.13. The number of hydrogen-bond acceptors (Lipinski definition) is 3. The maximum atomic E-state index is 10.6. The molecule has 0 heterocycles. The van der Waals surface area contributed by atoms with Gasteiger partial charge in [-0.1, -0.05) is 15.9 Å². The zero-order valence-electron chi connectivity index (χ0n) is 6.23. The van der Waals surface area contributed by atoms with Gasteiger partial charge in [-0.15, -0.1) is 0 Å². The number of phosphoric acid groups is 1. The van der Waals surface area contributed by atoms with Crippen LogP contribution in [0.15, 0.2) is 0 Å². The van der Waals surface area contributed by atoms with Crippen molar-refractivity contribution in [3.63, 3.8) is 0 Å². The molecule has 72 valence electrons. The lowest BCUT2D eigenvalue weighted by molar-refractivity contribution is -0.120. The first kappa shape index (κ1) is 12.1. The molecule has 0 aromatic carbocycles. The molecule has 0 aliphatic heterocycles. The van der Waals surface area contributed by atoms with Gasteiger partial charge in [0.25, 0.3) is 0 Å². The molecule has 12 heavy (non-hydrogen) atoms. The zero-order valence-corrected chi connectivity index (χ0v) is 8.71. The second-order valence-corrected chi connectivity index (χ2v) is 3.69. The van der Waals surface area contributed by atoms with Crippen LogP contribution in [0.4, 0.5) is 0 Å². The van der Waals surface area contributed by atoms with Gasteiger partial charge in [0.1, 0.15) is 6.23 Å². The number of alkyl halides is 1. The molecule has 0 aliphatic carbocycles. The molecule has 0 aromatic rings. The van der Waals surface area contributed by atoms with Gasteiger partial charge in [-0.05, 0) is 6.92 Å². The molecule has 1 amide bonds. The number of nitrogens with one attached hydrogen (secondary N) is 1. The van der Waals surface area contributed by atoms with E-state index in [2.05, 4.69) is 25.8 Å². The first-order chi connectivity index (χ1) is 5.35. The minimum atomic E-state index is -4.52. The van der Waals surface area contributed by atoms with Crippen molar-refractivity contribution in [3.8, 4) is 0 Å². The standard InChI is InChI=1S/C4H9BrNO5P/c1-3(6-4(7)2-5)11-12(8,9)10/h3H,2H2,1H3,(H,6,7)(H2,8,9,10). The second-order valence-electron chi connectivity index (χ2n) is 1.94. The van der Waals surface area contributed by atoms with Crippen LogP contribution in [0.2, 0.25) is 0 Å². The van der Waals surface area contributed by atoms with Crippen molar-refractivity contribution in [1.82, 2.24) is 5.32 Å². The van der Waals surface area contributed by atoms with Crippen LogP contribution in [0.5, 0.6) is 0 Å². The lowest BCUT2D eigenvalue weighted by atomic mass is 10.6. The second kappa shape index (κ2) is 4.94. The van der Waals surface area contributed by atoms with Crippen LogP contribution in [0.3, 0.4) is 0 Å². The van der Waals surface area contributed by atoms with Crippen molar-refractivity contribution in [2.24, 2.45) is 0 Å². The Morgan fingerprint density at radius 3 is 2.58 bits per heavy atom. The van der Waals surface area contributed by atoms with Crippen molar-refractivity contribution in [2.75, 3.05) is 5.33 Å². The molecule has 8 heteroatoms. The normalized spacial score (nSPS) is 14.0. The molecule has 0 saturated carbocycles. The minimum Gasteiger partial charge on any atom is -0.330 e. The number of amides is 1. The average Bonchev–Trinajstić information content (AvgIpc) is 1.82. The van der Waals surface area contributed by atoms with Crippen LogP contribution >= 0.6 is 23.8 Å². The van der Waals surface area contributed by atoms with E-state index in [0.29, 0.717) is 0 Å². The zero-order chi connectivity index (χ0) is 9.78. The van der Waals surface area contributed by atoms with E-state index in [1.165, 1.54) is 6.92 Å². The van der Waals surface area contributed by atoms with Crippen molar-refractivity contribution in [3.05, 3.63) is 0 Å². The van der Waals surface area contributed by atoms with Crippen LogP contribution in [0.1, 0.15) is 6.92 Å². The number of hydrogen-bond donors (Lipinski definition) is 3. The van der Waals surface area contributed by atoms with Gasteiger partial charge >= 0.3 is 7.82 Å². The summed E-state index contributed by atoms with van der Waals surface area (Å²) in [6.07, 6.45) is -1.00. The molecule has 0 aromatic heterocycles. The Bertz CT molecular complexity index is 204. The highest BCUT2D eigenvalue weighted by atomic mass is 79.9. The molecular weight excluding hydrogens is 253 g/mol. The van der Waals surface area contributed by atoms with Gasteiger partial charge in [-0.25, -0.2) is 4.57 Å². The molecule has 0 radical (unpaired) electrons. The van der Waals surface area contributed by atoms with Crippen molar-refractivity contribution < 1.29 is 23.7 Å².